The lowest BCUT2D eigenvalue weighted by Gasteiger charge is -2.19. The van der Waals surface area contributed by atoms with Crippen molar-refractivity contribution in [2.24, 2.45) is 0 Å². The second kappa shape index (κ2) is 10.9. The van der Waals surface area contributed by atoms with Gasteiger partial charge < -0.3 is 10.4 Å². The first kappa shape index (κ1) is 28.0. The molecule has 0 spiro atoms. The van der Waals surface area contributed by atoms with Gasteiger partial charge in [-0.3, -0.25) is 4.79 Å². The molecule has 1 amide bonds. The molecule has 0 aliphatic rings. The molecular formula is C33H20ClF3N4O2. The third-order valence-corrected chi connectivity index (χ3v) is 7.50. The molecule has 0 fully saturated rings. The van der Waals surface area contributed by atoms with E-state index in [2.05, 4.69) is 10.4 Å². The number of carbonyl (C=O) groups is 1. The summed E-state index contributed by atoms with van der Waals surface area (Å²) in [7, 11) is 0. The number of fused-ring (bicyclic) bond motifs is 2. The number of aliphatic hydroxyl groups excluding tert-OH is 1. The summed E-state index contributed by atoms with van der Waals surface area (Å²) in [5.74, 6) is -0.862. The molecule has 0 saturated carbocycles. The van der Waals surface area contributed by atoms with Crippen LogP contribution < -0.4 is 5.32 Å². The van der Waals surface area contributed by atoms with E-state index in [4.69, 9.17) is 11.6 Å². The Labute approximate surface area is 248 Å². The number of nitrogens with one attached hydrogen (secondary N) is 1. The highest BCUT2D eigenvalue weighted by atomic mass is 35.5. The fraction of sp³-hybridized carbons (Fsp3) is 0.0606. The number of aromatic nitrogens is 2. The Kier molecular flexibility index (Phi) is 7.10. The van der Waals surface area contributed by atoms with E-state index in [0.717, 1.165) is 26.2 Å². The minimum absolute atomic E-state index is 0.116. The SMILES string of the molecule is N#Cc1cccc(-n2nc(C(F)(F)F)cc2C(=O)Nc2cccc(C(O)c3c4ccccc4c(Cl)c4ccccc34)c2)c1. The first-order chi connectivity index (χ1) is 20.7. The Morgan fingerprint density at radius 3 is 2.14 bits per heavy atom. The summed E-state index contributed by atoms with van der Waals surface area (Å²) in [6, 6.07) is 29.7. The molecule has 1 aromatic heterocycles. The van der Waals surface area contributed by atoms with Crippen molar-refractivity contribution in [1.29, 1.82) is 5.26 Å². The summed E-state index contributed by atoms with van der Waals surface area (Å²) < 4.78 is 41.6. The molecule has 1 heterocycles. The Hall–Kier alpha value is -5.17. The summed E-state index contributed by atoms with van der Waals surface area (Å²) in [5, 5.41) is 30.8. The Morgan fingerprint density at radius 2 is 1.51 bits per heavy atom. The number of hydrogen-bond donors (Lipinski definition) is 2. The minimum atomic E-state index is -4.80. The number of nitriles is 1. The zero-order valence-corrected chi connectivity index (χ0v) is 22.9. The highest BCUT2D eigenvalue weighted by molar-refractivity contribution is 6.41. The topological polar surface area (TPSA) is 90.9 Å². The average Bonchev–Trinajstić information content (AvgIpc) is 3.48. The van der Waals surface area contributed by atoms with E-state index in [1.165, 1.54) is 24.3 Å². The van der Waals surface area contributed by atoms with Gasteiger partial charge in [-0.05, 0) is 46.7 Å². The van der Waals surface area contributed by atoms with Crippen LogP contribution in [0.3, 0.4) is 0 Å². The molecule has 6 aromatic rings. The van der Waals surface area contributed by atoms with E-state index < -0.39 is 23.9 Å². The van der Waals surface area contributed by atoms with Crippen LogP contribution in [0.5, 0.6) is 0 Å². The quantitative estimate of drug-likeness (QED) is 0.197. The number of benzene rings is 5. The minimum Gasteiger partial charge on any atom is -0.384 e. The Balaban J connectivity index is 1.39. The van der Waals surface area contributed by atoms with Crippen LogP contribution in [-0.2, 0) is 6.18 Å². The van der Waals surface area contributed by atoms with Gasteiger partial charge in [-0.1, -0.05) is 78.3 Å². The maximum Gasteiger partial charge on any atom is 0.435 e. The van der Waals surface area contributed by atoms with Crippen LogP contribution in [0.15, 0.2) is 103 Å². The van der Waals surface area contributed by atoms with E-state index in [9.17, 15) is 28.3 Å². The summed E-state index contributed by atoms with van der Waals surface area (Å²) in [6.07, 6.45) is -5.93. The molecule has 0 aliphatic heterocycles. The molecule has 6 nitrogen and oxygen atoms in total. The summed E-state index contributed by atoms with van der Waals surface area (Å²) in [4.78, 5) is 13.4. The number of aliphatic hydroxyl groups is 1. The van der Waals surface area contributed by atoms with E-state index in [1.807, 2.05) is 54.6 Å². The highest BCUT2D eigenvalue weighted by Gasteiger charge is 2.36. The standard InChI is InChI=1S/C33H20ClF3N4O2/c34-30-25-13-3-1-11-23(25)29(24-12-2-4-14-26(24)30)31(42)20-8-6-9-21(16-20)39-32(43)27-17-28(33(35,36)37)40-41(27)22-10-5-7-19(15-22)18-38/h1-17,31,42H,(H,39,43). The fourth-order valence-electron chi connectivity index (χ4n) is 5.14. The van der Waals surface area contributed by atoms with Crippen molar-refractivity contribution in [3.05, 3.63) is 136 Å². The van der Waals surface area contributed by atoms with E-state index in [0.29, 0.717) is 22.2 Å². The predicted octanol–water partition coefficient (Wildman–Crippen LogP) is 8.06. The van der Waals surface area contributed by atoms with Gasteiger partial charge in [0, 0.05) is 28.1 Å². The number of carbonyl (C=O) groups excluding carboxylic acids is 1. The van der Waals surface area contributed by atoms with Crippen molar-refractivity contribution < 1.29 is 23.1 Å². The monoisotopic (exact) mass is 596 g/mol. The molecule has 6 rings (SSSR count). The van der Waals surface area contributed by atoms with Crippen LogP contribution >= 0.6 is 11.6 Å². The molecule has 10 heteroatoms. The predicted molar refractivity (Wildman–Crippen MR) is 158 cm³/mol. The molecule has 0 saturated heterocycles. The second-order valence-electron chi connectivity index (χ2n) is 9.79. The lowest BCUT2D eigenvalue weighted by Crippen LogP contribution is -2.17. The fourth-order valence-corrected chi connectivity index (χ4v) is 5.47. The molecule has 5 aromatic carbocycles. The molecule has 0 aliphatic carbocycles. The zero-order valence-electron chi connectivity index (χ0n) is 22.1. The van der Waals surface area contributed by atoms with E-state index in [1.54, 1.807) is 24.3 Å². The van der Waals surface area contributed by atoms with Crippen molar-refractivity contribution in [3.63, 3.8) is 0 Å². The maximum absolute atomic E-state index is 13.6. The molecular weight excluding hydrogens is 577 g/mol. The molecule has 212 valence electrons. The number of hydrogen-bond acceptors (Lipinski definition) is 4. The number of halogens is 4. The molecule has 0 radical (unpaired) electrons. The van der Waals surface area contributed by atoms with Gasteiger partial charge in [-0.25, -0.2) is 4.68 Å². The van der Waals surface area contributed by atoms with Crippen LogP contribution in [0.2, 0.25) is 5.02 Å². The number of anilines is 1. The average molecular weight is 597 g/mol. The highest BCUT2D eigenvalue weighted by Crippen LogP contribution is 2.41. The van der Waals surface area contributed by atoms with Gasteiger partial charge in [0.2, 0.25) is 0 Å². The third-order valence-electron chi connectivity index (χ3n) is 7.09. The first-order valence-corrected chi connectivity index (χ1v) is 13.4. The lowest BCUT2D eigenvalue weighted by molar-refractivity contribution is -0.141. The van der Waals surface area contributed by atoms with Crippen LogP contribution in [0.1, 0.15) is 39.0 Å². The van der Waals surface area contributed by atoms with Crippen molar-refractivity contribution in [2.45, 2.75) is 12.3 Å². The normalized spacial score (nSPS) is 12.3. The van der Waals surface area contributed by atoms with Gasteiger partial charge >= 0.3 is 6.18 Å². The number of nitrogens with zero attached hydrogens (tertiary/aromatic N) is 3. The van der Waals surface area contributed by atoms with Crippen molar-refractivity contribution in [3.8, 4) is 11.8 Å². The van der Waals surface area contributed by atoms with E-state index in [-0.39, 0.29) is 22.6 Å². The van der Waals surface area contributed by atoms with Crippen LogP contribution in [-0.4, -0.2) is 20.8 Å². The number of amides is 1. The molecule has 1 unspecified atom stereocenters. The number of rotatable bonds is 5. The van der Waals surface area contributed by atoms with Gasteiger partial charge in [0.15, 0.2) is 5.69 Å². The molecule has 0 bridgehead atoms. The Morgan fingerprint density at radius 1 is 0.884 bits per heavy atom. The van der Waals surface area contributed by atoms with E-state index >= 15 is 0 Å². The zero-order chi connectivity index (χ0) is 30.3. The summed E-state index contributed by atoms with van der Waals surface area (Å²) in [6.45, 7) is 0. The maximum atomic E-state index is 13.6. The van der Waals surface area contributed by atoms with Crippen molar-refractivity contribution in [2.75, 3.05) is 5.32 Å². The van der Waals surface area contributed by atoms with Gasteiger partial charge in [0.25, 0.3) is 5.91 Å². The van der Waals surface area contributed by atoms with Gasteiger partial charge in [-0.15, -0.1) is 0 Å². The largest absolute Gasteiger partial charge is 0.435 e. The van der Waals surface area contributed by atoms with Crippen molar-refractivity contribution >= 4 is 44.7 Å². The molecule has 1 atom stereocenters. The molecule has 2 N–H and O–H groups in total. The van der Waals surface area contributed by atoms with Crippen LogP contribution in [0, 0.1) is 11.3 Å². The van der Waals surface area contributed by atoms with Gasteiger partial charge in [0.05, 0.1) is 22.3 Å². The third kappa shape index (κ3) is 5.18. The smallest absolute Gasteiger partial charge is 0.384 e. The summed E-state index contributed by atoms with van der Waals surface area (Å²) in [5.41, 5.74) is -0.0156. The molecule has 43 heavy (non-hydrogen) atoms. The Bertz CT molecular complexity index is 2020. The first-order valence-electron chi connectivity index (χ1n) is 13.0. The van der Waals surface area contributed by atoms with Gasteiger partial charge in [-0.2, -0.15) is 23.5 Å². The van der Waals surface area contributed by atoms with Gasteiger partial charge in [0.1, 0.15) is 11.8 Å². The van der Waals surface area contributed by atoms with Crippen molar-refractivity contribution in [1.82, 2.24) is 9.78 Å². The number of alkyl halides is 3. The van der Waals surface area contributed by atoms with Crippen LogP contribution in [0.4, 0.5) is 18.9 Å². The summed E-state index contributed by atoms with van der Waals surface area (Å²) >= 11 is 6.72. The van der Waals surface area contributed by atoms with Crippen LogP contribution in [0.25, 0.3) is 27.2 Å². The lowest BCUT2D eigenvalue weighted by atomic mass is 9.90. The second-order valence-corrected chi connectivity index (χ2v) is 10.2.